The number of hydrogen-bond donors (Lipinski definition) is 1. The first-order chi connectivity index (χ1) is 16.3. The number of nitrogens with zero attached hydrogens (tertiary/aromatic N) is 1. The van der Waals surface area contributed by atoms with Crippen LogP contribution >= 0.6 is 0 Å². The summed E-state index contributed by atoms with van der Waals surface area (Å²) in [6.45, 7) is 7.63. The second kappa shape index (κ2) is 9.35. The molecule has 1 aromatic heterocycles. The fraction of sp³-hybridized carbons (Fsp3) is 0.179. The number of carbonyl (C=O) groups excluding carboxylic acids is 1. The smallest absolute Gasteiger partial charge is 0.363 e. The molecule has 0 aliphatic rings. The zero-order valence-electron chi connectivity index (χ0n) is 19.5. The largest absolute Gasteiger partial charge is 0.506 e. The number of aryl methyl sites for hydroxylation is 4. The third kappa shape index (κ3) is 4.48. The fourth-order valence-corrected chi connectivity index (χ4v) is 3.93. The van der Waals surface area contributed by atoms with E-state index in [0.717, 1.165) is 28.7 Å². The number of hydrogen-bond acceptors (Lipinski definition) is 6. The van der Waals surface area contributed by atoms with E-state index in [1.165, 1.54) is 0 Å². The van der Waals surface area contributed by atoms with Crippen molar-refractivity contribution >= 4 is 28.4 Å². The van der Waals surface area contributed by atoms with Crippen molar-refractivity contribution in [1.29, 1.82) is 0 Å². The molecule has 0 atom stereocenters. The number of rotatable bonds is 5. The van der Waals surface area contributed by atoms with Crippen LogP contribution in [0.4, 0.5) is 0 Å². The van der Waals surface area contributed by atoms with E-state index >= 15 is 0 Å². The maximum Gasteiger partial charge on any atom is 0.363 e. The summed E-state index contributed by atoms with van der Waals surface area (Å²) in [5.41, 5.74) is 3.10. The predicted molar refractivity (Wildman–Crippen MR) is 132 cm³/mol. The van der Waals surface area contributed by atoms with Crippen molar-refractivity contribution in [1.82, 2.24) is 4.98 Å². The number of aliphatic hydroxyl groups excluding tert-OH is 1. The molecule has 6 nitrogen and oxygen atoms in total. The van der Waals surface area contributed by atoms with Crippen molar-refractivity contribution in [3.05, 3.63) is 105 Å². The van der Waals surface area contributed by atoms with Crippen molar-refractivity contribution in [2.45, 2.75) is 34.1 Å². The highest BCUT2D eigenvalue weighted by Gasteiger charge is 2.27. The summed E-state index contributed by atoms with van der Waals surface area (Å²) in [6, 6.07) is 17.6. The van der Waals surface area contributed by atoms with Gasteiger partial charge < -0.3 is 14.3 Å². The minimum absolute atomic E-state index is 0.279. The van der Waals surface area contributed by atoms with E-state index in [0.29, 0.717) is 16.8 Å². The zero-order valence-corrected chi connectivity index (χ0v) is 19.5. The lowest BCUT2D eigenvalue weighted by Gasteiger charge is -2.14. The quantitative estimate of drug-likeness (QED) is 0.179. The summed E-state index contributed by atoms with van der Waals surface area (Å²) in [4.78, 5) is 30.7. The molecule has 4 aromatic rings. The third-order valence-electron chi connectivity index (χ3n) is 5.61. The van der Waals surface area contributed by atoms with Gasteiger partial charge in [0.1, 0.15) is 22.6 Å². The number of esters is 1. The lowest BCUT2D eigenvalue weighted by Crippen LogP contribution is -2.20. The number of para-hydroxylation sites is 2. The number of aromatic nitrogens is 1. The van der Waals surface area contributed by atoms with Crippen LogP contribution in [0.15, 0.2) is 69.9 Å². The molecule has 0 saturated carbocycles. The Kier molecular flexibility index (Phi) is 6.32. The minimum atomic E-state index is -0.901. The maximum atomic E-state index is 13.5. The predicted octanol–water partition coefficient (Wildman–Crippen LogP) is 5.71. The lowest BCUT2D eigenvalue weighted by atomic mass is 10.0. The fourth-order valence-electron chi connectivity index (χ4n) is 3.93. The van der Waals surface area contributed by atoms with Crippen molar-refractivity contribution in [2.24, 2.45) is 0 Å². The topological polar surface area (TPSA) is 89.6 Å². The van der Waals surface area contributed by atoms with Gasteiger partial charge in [-0.05, 0) is 56.0 Å². The standard InChI is InChI=1S/C28H25NO5/c1-5-19-10-12-20(13-11-19)25(30)23(24-28(32)33-22-9-7-6-8-21(22)29-24)27(31)34-26-17(3)14-16(2)15-18(26)4/h6-15,30H,5H2,1-4H3/b25-23+. The van der Waals surface area contributed by atoms with E-state index in [9.17, 15) is 14.7 Å². The Hall–Kier alpha value is -4.19. The average molecular weight is 456 g/mol. The van der Waals surface area contributed by atoms with Crippen LogP contribution in [-0.2, 0) is 11.2 Å². The van der Waals surface area contributed by atoms with Gasteiger partial charge >= 0.3 is 11.6 Å². The Balaban J connectivity index is 1.91. The van der Waals surface area contributed by atoms with E-state index in [2.05, 4.69) is 4.98 Å². The zero-order chi connectivity index (χ0) is 24.4. The summed E-state index contributed by atoms with van der Waals surface area (Å²) in [6.07, 6.45) is 0.821. The number of aliphatic hydroxyl groups is 1. The minimum Gasteiger partial charge on any atom is -0.506 e. The molecule has 1 heterocycles. The van der Waals surface area contributed by atoms with E-state index in [-0.39, 0.29) is 16.9 Å². The summed E-state index contributed by atoms with van der Waals surface area (Å²) < 4.78 is 11.1. The third-order valence-corrected chi connectivity index (χ3v) is 5.61. The van der Waals surface area contributed by atoms with Crippen LogP contribution in [0.3, 0.4) is 0 Å². The molecule has 0 spiro atoms. The van der Waals surface area contributed by atoms with Crippen molar-refractivity contribution in [3.8, 4) is 5.75 Å². The van der Waals surface area contributed by atoms with Crippen molar-refractivity contribution < 1.29 is 19.1 Å². The Bertz CT molecular complexity index is 1460. The first-order valence-corrected chi connectivity index (χ1v) is 11.0. The highest BCUT2D eigenvalue weighted by molar-refractivity contribution is 6.23. The van der Waals surface area contributed by atoms with Crippen LogP contribution in [0, 0.1) is 20.8 Å². The van der Waals surface area contributed by atoms with Gasteiger partial charge in [-0.3, -0.25) is 0 Å². The van der Waals surface area contributed by atoms with Gasteiger partial charge in [0, 0.05) is 5.56 Å². The second-order valence-electron chi connectivity index (χ2n) is 8.21. The van der Waals surface area contributed by atoms with Gasteiger partial charge in [0.15, 0.2) is 11.3 Å². The molecule has 0 unspecified atom stereocenters. The van der Waals surface area contributed by atoms with Gasteiger partial charge in [-0.15, -0.1) is 0 Å². The van der Waals surface area contributed by atoms with Crippen LogP contribution in [0.5, 0.6) is 5.75 Å². The number of carbonyl (C=O) groups is 1. The van der Waals surface area contributed by atoms with E-state index in [1.54, 1.807) is 36.4 Å². The second-order valence-corrected chi connectivity index (χ2v) is 8.21. The normalized spacial score (nSPS) is 11.9. The van der Waals surface area contributed by atoms with Gasteiger partial charge in [0.25, 0.3) is 0 Å². The molecule has 0 aliphatic heterocycles. The van der Waals surface area contributed by atoms with Gasteiger partial charge in [-0.2, -0.15) is 0 Å². The first kappa shape index (κ1) is 23.0. The summed E-state index contributed by atoms with van der Waals surface area (Å²) >= 11 is 0. The highest BCUT2D eigenvalue weighted by Crippen LogP contribution is 2.29. The Labute approximate surface area is 197 Å². The Morgan fingerprint density at radius 3 is 2.29 bits per heavy atom. The number of fused-ring (bicyclic) bond motifs is 1. The Morgan fingerprint density at radius 2 is 1.65 bits per heavy atom. The Morgan fingerprint density at radius 1 is 1.00 bits per heavy atom. The molecule has 0 aliphatic carbocycles. The number of benzene rings is 3. The van der Waals surface area contributed by atoms with E-state index in [4.69, 9.17) is 9.15 Å². The lowest BCUT2D eigenvalue weighted by molar-refractivity contribution is -0.128. The molecular formula is C28H25NO5. The molecule has 0 fully saturated rings. The van der Waals surface area contributed by atoms with Gasteiger partial charge in [-0.1, -0.05) is 61.0 Å². The van der Waals surface area contributed by atoms with E-state index in [1.807, 2.05) is 52.0 Å². The molecule has 6 heteroatoms. The molecule has 172 valence electrons. The van der Waals surface area contributed by atoms with Crippen LogP contribution in [0.25, 0.3) is 22.4 Å². The molecule has 0 amide bonds. The molecule has 1 N–H and O–H groups in total. The molecular weight excluding hydrogens is 430 g/mol. The van der Waals surface area contributed by atoms with Crippen LogP contribution in [0.2, 0.25) is 0 Å². The molecule has 0 radical (unpaired) electrons. The van der Waals surface area contributed by atoms with Gasteiger partial charge in [-0.25, -0.2) is 14.6 Å². The molecule has 0 saturated heterocycles. The monoisotopic (exact) mass is 455 g/mol. The first-order valence-electron chi connectivity index (χ1n) is 11.0. The maximum absolute atomic E-state index is 13.5. The van der Waals surface area contributed by atoms with E-state index < -0.39 is 17.4 Å². The molecule has 3 aromatic carbocycles. The SMILES string of the molecule is CCc1ccc(/C(O)=C(\C(=O)Oc2c(C)cc(C)cc2C)c2nc3ccccc3oc2=O)cc1. The van der Waals surface area contributed by atoms with Gasteiger partial charge in [0.2, 0.25) is 0 Å². The summed E-state index contributed by atoms with van der Waals surface area (Å²) in [5, 5.41) is 11.2. The summed E-state index contributed by atoms with van der Waals surface area (Å²) in [7, 11) is 0. The van der Waals surface area contributed by atoms with Crippen LogP contribution in [-0.4, -0.2) is 16.1 Å². The van der Waals surface area contributed by atoms with Crippen molar-refractivity contribution in [2.75, 3.05) is 0 Å². The summed E-state index contributed by atoms with van der Waals surface area (Å²) in [5.74, 6) is -0.945. The average Bonchev–Trinajstić information content (AvgIpc) is 2.81. The van der Waals surface area contributed by atoms with Crippen molar-refractivity contribution in [3.63, 3.8) is 0 Å². The molecule has 34 heavy (non-hydrogen) atoms. The molecule has 0 bridgehead atoms. The molecule has 4 rings (SSSR count). The van der Waals surface area contributed by atoms with Crippen LogP contribution < -0.4 is 10.4 Å². The van der Waals surface area contributed by atoms with Gasteiger partial charge in [0.05, 0.1) is 0 Å². The van der Waals surface area contributed by atoms with Crippen LogP contribution in [0.1, 0.15) is 40.4 Å². The highest BCUT2D eigenvalue weighted by atomic mass is 16.5. The number of ether oxygens (including phenoxy) is 1.